The van der Waals surface area contributed by atoms with Crippen LogP contribution < -0.4 is 5.73 Å². The van der Waals surface area contributed by atoms with Crippen molar-refractivity contribution in [1.82, 2.24) is 4.90 Å². The van der Waals surface area contributed by atoms with Gasteiger partial charge in [-0.15, -0.1) is 0 Å². The van der Waals surface area contributed by atoms with Crippen molar-refractivity contribution in [3.05, 3.63) is 0 Å². The third-order valence-corrected chi connectivity index (χ3v) is 5.68. The van der Waals surface area contributed by atoms with E-state index in [1.807, 2.05) is 0 Å². The molecule has 0 aromatic rings. The molecule has 0 aromatic carbocycles. The molecule has 110 valence electrons. The first-order chi connectivity index (χ1) is 8.68. The first-order valence-electron chi connectivity index (χ1n) is 6.13. The summed E-state index contributed by atoms with van der Waals surface area (Å²) < 4.78 is 22.9. The number of nitrogens with two attached hydrogens (primary N) is 1. The van der Waals surface area contributed by atoms with Crippen molar-refractivity contribution in [3.63, 3.8) is 0 Å². The average molecular weight is 291 g/mol. The molecule has 0 saturated carbocycles. The van der Waals surface area contributed by atoms with Crippen LogP contribution in [0.1, 0.15) is 26.7 Å². The normalized spacial score (nSPS) is 25.8. The summed E-state index contributed by atoms with van der Waals surface area (Å²) in [7, 11) is -1.49. The molecule has 0 radical (unpaired) electrons. The molecule has 1 aliphatic heterocycles. The molecule has 1 aliphatic rings. The van der Waals surface area contributed by atoms with Crippen molar-refractivity contribution in [2.75, 3.05) is 18.6 Å². The highest BCUT2D eigenvalue weighted by Crippen LogP contribution is 2.27. The first-order valence-corrected chi connectivity index (χ1v) is 7.95. The Balaban J connectivity index is 2.93. The van der Waals surface area contributed by atoms with E-state index in [1.165, 1.54) is 4.90 Å². The maximum atomic E-state index is 12.5. The highest BCUT2D eigenvalue weighted by molar-refractivity contribution is 7.91. The van der Waals surface area contributed by atoms with Crippen molar-refractivity contribution < 1.29 is 18.4 Å². The van der Waals surface area contributed by atoms with Gasteiger partial charge in [0.25, 0.3) is 0 Å². The Morgan fingerprint density at radius 2 is 2.16 bits per heavy atom. The number of oxime groups is 1. The van der Waals surface area contributed by atoms with E-state index < -0.39 is 15.3 Å². The number of rotatable bonds is 4. The van der Waals surface area contributed by atoms with Gasteiger partial charge in [-0.3, -0.25) is 4.79 Å². The lowest BCUT2D eigenvalue weighted by Gasteiger charge is -2.33. The number of carbonyl (C=O) groups is 1. The smallest absolute Gasteiger partial charge is 0.236 e. The molecule has 3 N–H and O–H groups in total. The number of nitrogens with zero attached hydrogens (tertiary/aromatic N) is 2. The monoisotopic (exact) mass is 291 g/mol. The van der Waals surface area contributed by atoms with Crippen LogP contribution in [0.2, 0.25) is 0 Å². The Bertz CT molecular complexity index is 488. The van der Waals surface area contributed by atoms with Crippen LogP contribution in [0.15, 0.2) is 5.16 Å². The minimum absolute atomic E-state index is 0.0226. The van der Waals surface area contributed by atoms with Gasteiger partial charge in [-0.1, -0.05) is 12.1 Å². The van der Waals surface area contributed by atoms with Crippen molar-refractivity contribution in [1.29, 1.82) is 0 Å². The van der Waals surface area contributed by atoms with Crippen molar-refractivity contribution >= 4 is 21.6 Å². The van der Waals surface area contributed by atoms with Gasteiger partial charge >= 0.3 is 0 Å². The zero-order valence-corrected chi connectivity index (χ0v) is 12.3. The second kappa shape index (κ2) is 5.36. The Morgan fingerprint density at radius 1 is 1.58 bits per heavy atom. The van der Waals surface area contributed by atoms with E-state index >= 15 is 0 Å². The second-order valence-electron chi connectivity index (χ2n) is 5.14. The fraction of sp³-hybridized carbons (Fsp3) is 0.818. The van der Waals surface area contributed by atoms with Gasteiger partial charge in [-0.25, -0.2) is 8.42 Å². The maximum absolute atomic E-state index is 12.5. The molecule has 1 rings (SSSR count). The molecule has 1 amide bonds. The summed E-state index contributed by atoms with van der Waals surface area (Å²) in [4.78, 5) is 13.9. The van der Waals surface area contributed by atoms with Gasteiger partial charge < -0.3 is 15.8 Å². The highest BCUT2D eigenvalue weighted by Gasteiger charge is 2.42. The van der Waals surface area contributed by atoms with E-state index in [9.17, 15) is 13.2 Å². The Labute approximate surface area is 113 Å². The molecular formula is C11H21N3O4S. The molecule has 0 aromatic heterocycles. The van der Waals surface area contributed by atoms with Gasteiger partial charge in [0.05, 0.1) is 11.5 Å². The second-order valence-corrected chi connectivity index (χ2v) is 7.37. The quantitative estimate of drug-likeness (QED) is 0.322. The predicted octanol–water partition coefficient (Wildman–Crippen LogP) is -0.205. The Morgan fingerprint density at radius 3 is 2.53 bits per heavy atom. The van der Waals surface area contributed by atoms with Crippen LogP contribution >= 0.6 is 0 Å². The van der Waals surface area contributed by atoms with Crippen LogP contribution in [0.5, 0.6) is 0 Å². The molecule has 19 heavy (non-hydrogen) atoms. The Kier molecular flexibility index (Phi) is 4.44. The van der Waals surface area contributed by atoms with Crippen LogP contribution in [0.25, 0.3) is 0 Å². The molecule has 0 spiro atoms. The molecule has 2 atom stereocenters. The number of amides is 1. The van der Waals surface area contributed by atoms with E-state index in [2.05, 4.69) is 5.16 Å². The lowest BCUT2D eigenvalue weighted by atomic mass is 9.84. The van der Waals surface area contributed by atoms with Gasteiger partial charge in [0, 0.05) is 13.1 Å². The summed E-state index contributed by atoms with van der Waals surface area (Å²) in [5.41, 5.74) is 4.47. The lowest BCUT2D eigenvalue weighted by Crippen LogP contribution is -2.51. The van der Waals surface area contributed by atoms with E-state index in [0.717, 1.165) is 0 Å². The van der Waals surface area contributed by atoms with E-state index in [0.29, 0.717) is 12.8 Å². The minimum Gasteiger partial charge on any atom is -0.409 e. The fourth-order valence-corrected chi connectivity index (χ4v) is 3.96. The number of hydrogen-bond acceptors (Lipinski definition) is 5. The van der Waals surface area contributed by atoms with Crippen LogP contribution in [-0.2, 0) is 14.6 Å². The third kappa shape index (κ3) is 2.99. The maximum Gasteiger partial charge on any atom is 0.236 e. The molecule has 2 unspecified atom stereocenters. The third-order valence-electron chi connectivity index (χ3n) is 3.93. The molecule has 1 saturated heterocycles. The van der Waals surface area contributed by atoms with Gasteiger partial charge in [0.2, 0.25) is 5.91 Å². The SMILES string of the molecule is CCC(C)(C(=O)N(C)C1CCS(=O)(=O)C1)C(N)=NO. The summed E-state index contributed by atoms with van der Waals surface area (Å²) in [6, 6.07) is -0.338. The standard InChI is InChI=1S/C11H21N3O4S/c1-4-11(2,9(12)13-16)10(15)14(3)8-5-6-19(17,18)7-8/h8,16H,4-7H2,1-3H3,(H2,12,13). The van der Waals surface area contributed by atoms with Crippen molar-refractivity contribution in [2.24, 2.45) is 16.3 Å². The number of amidine groups is 1. The first kappa shape index (κ1) is 15.7. The summed E-state index contributed by atoms with van der Waals surface area (Å²) in [6.07, 6.45) is 0.798. The topological polar surface area (TPSA) is 113 Å². The van der Waals surface area contributed by atoms with Crippen LogP contribution in [0.3, 0.4) is 0 Å². The number of sulfone groups is 1. The molecular weight excluding hydrogens is 270 g/mol. The van der Waals surface area contributed by atoms with Gasteiger partial charge in [-0.2, -0.15) is 0 Å². The molecule has 0 aliphatic carbocycles. The van der Waals surface area contributed by atoms with Crippen LogP contribution in [-0.4, -0.2) is 54.9 Å². The van der Waals surface area contributed by atoms with Crippen molar-refractivity contribution in [3.8, 4) is 0 Å². The van der Waals surface area contributed by atoms with Crippen LogP contribution in [0, 0.1) is 5.41 Å². The molecule has 8 heteroatoms. The average Bonchev–Trinajstić information content (AvgIpc) is 2.75. The van der Waals surface area contributed by atoms with E-state index in [4.69, 9.17) is 10.9 Å². The largest absolute Gasteiger partial charge is 0.409 e. The zero-order chi connectivity index (χ0) is 14.8. The molecule has 0 bridgehead atoms. The Hall–Kier alpha value is -1.31. The van der Waals surface area contributed by atoms with Gasteiger partial charge in [-0.05, 0) is 19.8 Å². The fourth-order valence-electron chi connectivity index (χ4n) is 2.19. The predicted molar refractivity (Wildman–Crippen MR) is 71.6 cm³/mol. The van der Waals surface area contributed by atoms with E-state index in [-0.39, 0.29) is 29.3 Å². The highest BCUT2D eigenvalue weighted by atomic mass is 32.2. The summed E-state index contributed by atoms with van der Waals surface area (Å²) >= 11 is 0. The molecule has 1 fully saturated rings. The lowest BCUT2D eigenvalue weighted by molar-refractivity contribution is -0.138. The number of hydrogen-bond donors (Lipinski definition) is 2. The summed E-state index contributed by atoms with van der Waals surface area (Å²) in [5.74, 6) is -0.410. The minimum atomic E-state index is -3.06. The zero-order valence-electron chi connectivity index (χ0n) is 11.5. The molecule has 1 heterocycles. The summed E-state index contributed by atoms with van der Waals surface area (Å²) in [6.45, 7) is 3.35. The summed E-state index contributed by atoms with van der Waals surface area (Å²) in [5, 5.41) is 11.7. The van der Waals surface area contributed by atoms with E-state index in [1.54, 1.807) is 20.9 Å². The van der Waals surface area contributed by atoms with Gasteiger partial charge in [0.15, 0.2) is 15.7 Å². The van der Waals surface area contributed by atoms with Gasteiger partial charge in [0.1, 0.15) is 5.41 Å². The van der Waals surface area contributed by atoms with Crippen molar-refractivity contribution in [2.45, 2.75) is 32.7 Å². The molecule has 7 nitrogen and oxygen atoms in total. The van der Waals surface area contributed by atoms with Crippen LogP contribution in [0.4, 0.5) is 0 Å². The number of carbonyl (C=O) groups excluding carboxylic acids is 1.